The van der Waals surface area contributed by atoms with Crippen LogP contribution in [0.25, 0.3) is 11.1 Å². The van der Waals surface area contributed by atoms with Crippen LogP contribution in [-0.4, -0.2) is 43.3 Å². The molecule has 0 spiro atoms. The minimum absolute atomic E-state index is 0.00372. The van der Waals surface area contributed by atoms with Crippen molar-refractivity contribution in [2.24, 2.45) is 0 Å². The van der Waals surface area contributed by atoms with Gasteiger partial charge in [-0.05, 0) is 34.4 Å². The van der Waals surface area contributed by atoms with Crippen molar-refractivity contribution in [1.29, 1.82) is 0 Å². The molecule has 0 amide bonds. The number of aliphatic hydroxyl groups is 1. The van der Waals surface area contributed by atoms with Gasteiger partial charge in [0.15, 0.2) is 0 Å². The number of hydrogen-bond donors (Lipinski definition) is 4. The molecule has 10 nitrogen and oxygen atoms in total. The van der Waals surface area contributed by atoms with E-state index < -0.39 is 43.3 Å². The smallest absolute Gasteiger partial charge is 0.390 e. The Morgan fingerprint density at radius 2 is 1.41 bits per heavy atom. The molecular formula is C34H32N3O7PS. The average molecular weight is 658 g/mol. The van der Waals surface area contributed by atoms with Crippen LogP contribution in [0.5, 0.6) is 0 Å². The van der Waals surface area contributed by atoms with Gasteiger partial charge in [-0.2, -0.15) is 4.98 Å². The first-order valence-corrected chi connectivity index (χ1v) is 16.9. The Morgan fingerprint density at radius 3 is 1.91 bits per heavy atom. The topological polar surface area (TPSA) is 157 Å². The maximum Gasteiger partial charge on any atom is 0.469 e. The van der Waals surface area contributed by atoms with Gasteiger partial charge in [0, 0.05) is 23.1 Å². The van der Waals surface area contributed by atoms with Gasteiger partial charge < -0.3 is 25.4 Å². The molecule has 3 atom stereocenters. The van der Waals surface area contributed by atoms with E-state index in [4.69, 9.17) is 20.3 Å². The second-order valence-electron chi connectivity index (χ2n) is 10.9. The molecule has 1 aliphatic rings. The van der Waals surface area contributed by atoms with E-state index in [0.29, 0.717) is 11.1 Å². The molecule has 46 heavy (non-hydrogen) atoms. The van der Waals surface area contributed by atoms with Crippen molar-refractivity contribution in [2.45, 2.75) is 34.5 Å². The number of hydrogen-bond acceptors (Lipinski definition) is 8. The summed E-state index contributed by atoms with van der Waals surface area (Å²) in [6, 6.07) is 39.0. The van der Waals surface area contributed by atoms with Crippen LogP contribution in [0.4, 0.5) is 5.82 Å². The molecule has 236 valence electrons. The minimum Gasteiger partial charge on any atom is -0.390 e. The van der Waals surface area contributed by atoms with Gasteiger partial charge in [-0.1, -0.05) is 103 Å². The number of nitrogens with zero attached hydrogens (tertiary/aromatic N) is 2. The van der Waals surface area contributed by atoms with Crippen molar-refractivity contribution in [3.8, 4) is 11.1 Å². The SMILES string of the molecule is Nc1nc(=O)n([C@H]2C[C@H](O)[C@@H](COP(=O)(O)O)O2)cc1-c1ccc(SC(c2ccccc2)(c2ccccc2)c2ccccc2)cc1. The number of rotatable bonds is 10. The Morgan fingerprint density at radius 1 is 0.891 bits per heavy atom. The lowest BCUT2D eigenvalue weighted by atomic mass is 9.84. The molecule has 1 saturated heterocycles. The maximum absolute atomic E-state index is 12.8. The number of anilines is 1. The monoisotopic (exact) mass is 657 g/mol. The van der Waals surface area contributed by atoms with Gasteiger partial charge in [0.05, 0.1) is 17.5 Å². The number of thioether (sulfide) groups is 1. The fraction of sp³-hybridized carbons (Fsp3) is 0.176. The number of phosphoric acid groups is 1. The van der Waals surface area contributed by atoms with Crippen LogP contribution >= 0.6 is 19.6 Å². The van der Waals surface area contributed by atoms with E-state index in [9.17, 15) is 14.5 Å². The summed E-state index contributed by atoms with van der Waals surface area (Å²) < 4.78 is 22.0. The lowest BCUT2D eigenvalue weighted by Gasteiger charge is -2.35. The standard InChI is InChI=1S/C34H32N3O7PS/c35-32-28(21-37(33(39)36-32)31-20-29(38)30(44-31)22-43-45(40,41)42)23-16-18-27(19-17-23)46-34(24-10-4-1-5-11-24,25-12-6-2-7-13-25)26-14-8-3-9-15-26/h1-19,21,29-31,38H,20,22H2,(H2,35,36,39)(H2,40,41,42)/t29-,30+,31+/m0/s1. The molecule has 0 saturated carbocycles. The maximum atomic E-state index is 12.8. The molecule has 1 aliphatic heterocycles. The van der Waals surface area contributed by atoms with Crippen LogP contribution in [0, 0.1) is 0 Å². The average Bonchev–Trinajstić information content (AvgIpc) is 3.44. The highest BCUT2D eigenvalue weighted by Crippen LogP contribution is 2.51. The van der Waals surface area contributed by atoms with Gasteiger partial charge in [0.1, 0.15) is 18.1 Å². The van der Waals surface area contributed by atoms with E-state index in [1.165, 1.54) is 10.8 Å². The highest BCUT2D eigenvalue weighted by molar-refractivity contribution is 8.00. The summed E-state index contributed by atoms with van der Waals surface area (Å²) in [4.78, 5) is 35.8. The summed E-state index contributed by atoms with van der Waals surface area (Å²) >= 11 is 1.72. The van der Waals surface area contributed by atoms with Crippen LogP contribution in [0.1, 0.15) is 29.3 Å². The normalized spacial score (nSPS) is 18.5. The van der Waals surface area contributed by atoms with Gasteiger partial charge >= 0.3 is 13.5 Å². The molecule has 6 rings (SSSR count). The zero-order chi connectivity index (χ0) is 32.3. The Labute approximate surface area is 269 Å². The van der Waals surface area contributed by atoms with Crippen LogP contribution in [0.2, 0.25) is 0 Å². The molecule has 4 aromatic carbocycles. The molecule has 1 aromatic heterocycles. The number of aromatic nitrogens is 2. The molecule has 1 fully saturated rings. The Hall–Kier alpha value is -4.06. The number of nitrogens with two attached hydrogens (primary N) is 1. The second kappa shape index (κ2) is 13.4. The third-order valence-corrected chi connectivity index (χ3v) is 9.89. The summed E-state index contributed by atoms with van der Waals surface area (Å²) in [6.45, 7) is -0.540. The zero-order valence-electron chi connectivity index (χ0n) is 24.5. The summed E-state index contributed by atoms with van der Waals surface area (Å²) in [5.41, 5.74) is 10.1. The summed E-state index contributed by atoms with van der Waals surface area (Å²) in [6.07, 6.45) is -1.56. The van der Waals surface area contributed by atoms with Crippen LogP contribution in [0.15, 0.2) is 131 Å². The summed E-state index contributed by atoms with van der Waals surface area (Å²) in [5.74, 6) is 0.0359. The zero-order valence-corrected chi connectivity index (χ0v) is 26.2. The van der Waals surface area contributed by atoms with E-state index in [1.807, 2.05) is 78.9 Å². The number of ether oxygens (including phenoxy) is 1. The van der Waals surface area contributed by atoms with Gasteiger partial charge in [0.25, 0.3) is 0 Å². The lowest BCUT2D eigenvalue weighted by molar-refractivity contribution is -0.0449. The molecule has 12 heteroatoms. The number of benzene rings is 4. The first-order valence-electron chi connectivity index (χ1n) is 14.5. The highest BCUT2D eigenvalue weighted by atomic mass is 32.2. The second-order valence-corrected chi connectivity index (χ2v) is 13.4. The van der Waals surface area contributed by atoms with Crippen LogP contribution in [-0.2, 0) is 18.6 Å². The van der Waals surface area contributed by atoms with E-state index in [0.717, 1.165) is 21.6 Å². The van der Waals surface area contributed by atoms with E-state index in [1.54, 1.807) is 11.8 Å². The van der Waals surface area contributed by atoms with Gasteiger partial charge in [-0.25, -0.2) is 9.36 Å². The van der Waals surface area contributed by atoms with Crippen molar-refractivity contribution in [1.82, 2.24) is 9.55 Å². The fourth-order valence-corrected chi connectivity index (χ4v) is 7.42. The predicted octanol–water partition coefficient (Wildman–Crippen LogP) is 5.33. The van der Waals surface area contributed by atoms with Gasteiger partial charge in [-0.15, -0.1) is 11.8 Å². The van der Waals surface area contributed by atoms with Crippen LogP contribution < -0.4 is 11.4 Å². The Bertz CT molecular complexity index is 1790. The van der Waals surface area contributed by atoms with Crippen molar-refractivity contribution in [3.05, 3.63) is 149 Å². The fourth-order valence-electron chi connectivity index (χ4n) is 5.69. The molecule has 5 aromatic rings. The molecule has 0 aliphatic carbocycles. The molecule has 0 radical (unpaired) electrons. The highest BCUT2D eigenvalue weighted by Gasteiger charge is 2.39. The van der Waals surface area contributed by atoms with Crippen molar-refractivity contribution in [2.75, 3.05) is 12.3 Å². The molecule has 0 unspecified atom stereocenters. The van der Waals surface area contributed by atoms with E-state index in [2.05, 4.69) is 45.9 Å². The summed E-state index contributed by atoms with van der Waals surface area (Å²) in [5, 5.41) is 10.4. The van der Waals surface area contributed by atoms with Crippen LogP contribution in [0.3, 0.4) is 0 Å². The number of phosphoric ester groups is 1. The summed E-state index contributed by atoms with van der Waals surface area (Å²) in [7, 11) is -4.76. The lowest BCUT2D eigenvalue weighted by Crippen LogP contribution is -2.29. The first kappa shape index (κ1) is 31.9. The number of aliphatic hydroxyl groups excluding tert-OH is 1. The minimum atomic E-state index is -4.76. The molecule has 2 heterocycles. The molecule has 5 N–H and O–H groups in total. The molecule has 0 bridgehead atoms. The van der Waals surface area contributed by atoms with Gasteiger partial charge in [0.2, 0.25) is 0 Å². The third-order valence-electron chi connectivity index (χ3n) is 7.88. The van der Waals surface area contributed by atoms with E-state index >= 15 is 0 Å². The van der Waals surface area contributed by atoms with E-state index in [-0.39, 0.29) is 12.2 Å². The quantitative estimate of drug-likeness (QED) is 0.0879. The largest absolute Gasteiger partial charge is 0.469 e. The van der Waals surface area contributed by atoms with Crippen molar-refractivity contribution < 1.29 is 28.7 Å². The van der Waals surface area contributed by atoms with Crippen molar-refractivity contribution >= 4 is 25.4 Å². The third kappa shape index (κ3) is 6.72. The first-order chi connectivity index (χ1) is 22.1. The predicted molar refractivity (Wildman–Crippen MR) is 176 cm³/mol. The Kier molecular flexibility index (Phi) is 9.26. The van der Waals surface area contributed by atoms with Crippen molar-refractivity contribution in [3.63, 3.8) is 0 Å². The molecular weight excluding hydrogens is 625 g/mol. The number of nitrogen functional groups attached to an aromatic ring is 1. The van der Waals surface area contributed by atoms with Gasteiger partial charge in [-0.3, -0.25) is 9.09 Å². The Balaban J connectivity index is 1.33.